The number of aryl methyl sites for hydroxylation is 2. The molecule has 0 saturated carbocycles. The Balaban J connectivity index is 2.01. The Morgan fingerprint density at radius 2 is 2.37 bits per heavy atom. The summed E-state index contributed by atoms with van der Waals surface area (Å²) in [4.78, 5) is 7.13. The molecule has 2 heterocycles. The van der Waals surface area contributed by atoms with E-state index in [0.717, 1.165) is 43.1 Å². The molecule has 1 atom stereocenters. The molecule has 1 aliphatic heterocycles. The first-order valence-corrected chi connectivity index (χ1v) is 7.94. The zero-order valence-electron chi connectivity index (χ0n) is 11.3. The summed E-state index contributed by atoms with van der Waals surface area (Å²) in [6.45, 7) is 4.25. The number of thioether (sulfide) groups is 1. The lowest BCUT2D eigenvalue weighted by Crippen LogP contribution is -2.38. The molecule has 1 unspecified atom stereocenters. The molecular weight excluding hydrogens is 256 g/mol. The second-order valence-corrected chi connectivity index (χ2v) is 6.91. The van der Waals surface area contributed by atoms with Gasteiger partial charge in [-0.05, 0) is 30.9 Å². The van der Waals surface area contributed by atoms with Crippen molar-refractivity contribution in [3.05, 3.63) is 22.9 Å². The van der Waals surface area contributed by atoms with Crippen LogP contribution in [-0.4, -0.2) is 34.9 Å². The highest BCUT2D eigenvalue weighted by molar-refractivity contribution is 8.00. The fraction of sp³-hybridized carbons (Fsp3) is 0.571. The van der Waals surface area contributed by atoms with Gasteiger partial charge < -0.3 is 10.6 Å². The molecule has 4 nitrogen and oxygen atoms in total. The summed E-state index contributed by atoms with van der Waals surface area (Å²) in [6.07, 6.45) is 3.32. The third-order valence-electron chi connectivity index (χ3n) is 3.86. The smallest absolute Gasteiger partial charge is 0.139 e. The number of anilines is 1. The number of amidine groups is 1. The van der Waals surface area contributed by atoms with Crippen LogP contribution in [0, 0.1) is 5.41 Å². The number of aromatic nitrogens is 1. The zero-order valence-corrected chi connectivity index (χ0v) is 12.1. The largest absolute Gasteiger partial charge is 0.384 e. The minimum atomic E-state index is 0.142. The van der Waals surface area contributed by atoms with E-state index >= 15 is 0 Å². The van der Waals surface area contributed by atoms with Gasteiger partial charge in [-0.3, -0.25) is 5.41 Å². The van der Waals surface area contributed by atoms with E-state index in [1.807, 2.05) is 11.8 Å². The van der Waals surface area contributed by atoms with Crippen LogP contribution in [-0.2, 0) is 12.8 Å². The highest BCUT2D eigenvalue weighted by atomic mass is 32.2. The normalized spacial score (nSPS) is 22.4. The van der Waals surface area contributed by atoms with E-state index in [2.05, 4.69) is 17.9 Å². The van der Waals surface area contributed by atoms with Crippen molar-refractivity contribution in [2.45, 2.75) is 31.4 Å². The number of hydrogen-bond acceptors (Lipinski definition) is 4. The summed E-state index contributed by atoms with van der Waals surface area (Å²) in [6, 6.07) is 2.10. The molecule has 1 aromatic heterocycles. The van der Waals surface area contributed by atoms with Crippen LogP contribution in [0.3, 0.4) is 0 Å². The molecule has 19 heavy (non-hydrogen) atoms. The molecule has 0 bridgehead atoms. The summed E-state index contributed by atoms with van der Waals surface area (Å²) >= 11 is 2.00. The van der Waals surface area contributed by atoms with Crippen molar-refractivity contribution in [3.63, 3.8) is 0 Å². The maximum absolute atomic E-state index is 7.81. The average Bonchev–Trinajstić information content (AvgIpc) is 2.84. The van der Waals surface area contributed by atoms with Crippen LogP contribution in [0.1, 0.15) is 30.2 Å². The summed E-state index contributed by atoms with van der Waals surface area (Å²) < 4.78 is 0. The Morgan fingerprint density at radius 3 is 3.11 bits per heavy atom. The summed E-state index contributed by atoms with van der Waals surface area (Å²) in [5.74, 6) is 2.19. The number of nitrogens with two attached hydrogens (primary N) is 1. The zero-order chi connectivity index (χ0) is 13.4. The maximum atomic E-state index is 7.81. The van der Waals surface area contributed by atoms with E-state index in [0.29, 0.717) is 5.25 Å². The quantitative estimate of drug-likeness (QED) is 0.638. The van der Waals surface area contributed by atoms with Crippen LogP contribution >= 0.6 is 11.8 Å². The first-order valence-electron chi connectivity index (χ1n) is 6.89. The lowest BCUT2D eigenvalue weighted by atomic mass is 10.1. The maximum Gasteiger partial charge on any atom is 0.139 e. The molecule has 0 amide bonds. The third-order valence-corrected chi connectivity index (χ3v) is 5.00. The Kier molecular flexibility index (Phi) is 3.39. The van der Waals surface area contributed by atoms with E-state index in [4.69, 9.17) is 16.1 Å². The summed E-state index contributed by atoms with van der Waals surface area (Å²) in [5.41, 5.74) is 9.08. The van der Waals surface area contributed by atoms with Gasteiger partial charge in [0.25, 0.3) is 0 Å². The first-order chi connectivity index (χ1) is 9.15. The van der Waals surface area contributed by atoms with Crippen molar-refractivity contribution in [1.82, 2.24) is 4.98 Å². The van der Waals surface area contributed by atoms with Gasteiger partial charge in [0.05, 0.1) is 5.56 Å². The molecule has 1 fully saturated rings. The molecule has 2 aliphatic rings. The van der Waals surface area contributed by atoms with E-state index < -0.39 is 0 Å². The number of pyridine rings is 1. The van der Waals surface area contributed by atoms with Gasteiger partial charge in [-0.1, -0.05) is 6.92 Å². The van der Waals surface area contributed by atoms with Gasteiger partial charge in [-0.2, -0.15) is 11.8 Å². The van der Waals surface area contributed by atoms with E-state index in [9.17, 15) is 0 Å². The predicted molar refractivity (Wildman–Crippen MR) is 81.4 cm³/mol. The Hall–Kier alpha value is -1.23. The number of nitrogens with zero attached hydrogens (tertiary/aromatic N) is 2. The SMILES string of the molecule is CC1CN(c2nc3c(cc2C(=N)N)CCC3)CCS1. The third kappa shape index (κ3) is 2.43. The van der Waals surface area contributed by atoms with Crippen molar-refractivity contribution in [2.75, 3.05) is 23.7 Å². The van der Waals surface area contributed by atoms with E-state index in [1.165, 1.54) is 17.7 Å². The number of nitrogen functional groups attached to an aromatic ring is 1. The molecule has 1 aromatic rings. The van der Waals surface area contributed by atoms with Crippen molar-refractivity contribution in [3.8, 4) is 0 Å². The van der Waals surface area contributed by atoms with Gasteiger partial charge in [0, 0.05) is 29.8 Å². The molecule has 1 aliphatic carbocycles. The number of nitrogens with one attached hydrogen (secondary N) is 1. The van der Waals surface area contributed by atoms with Crippen LogP contribution in [0.2, 0.25) is 0 Å². The van der Waals surface area contributed by atoms with Crippen molar-refractivity contribution < 1.29 is 0 Å². The van der Waals surface area contributed by atoms with Gasteiger partial charge in [0.2, 0.25) is 0 Å². The molecule has 1 saturated heterocycles. The predicted octanol–water partition coefficient (Wildman–Crippen LogP) is 1.80. The van der Waals surface area contributed by atoms with Crippen LogP contribution < -0.4 is 10.6 Å². The molecular formula is C14H20N4S. The Bertz CT molecular complexity index is 514. The van der Waals surface area contributed by atoms with Gasteiger partial charge in [0.15, 0.2) is 0 Å². The monoisotopic (exact) mass is 276 g/mol. The van der Waals surface area contributed by atoms with E-state index in [-0.39, 0.29) is 5.84 Å². The molecule has 0 radical (unpaired) electrons. The molecule has 3 N–H and O–H groups in total. The van der Waals surface area contributed by atoms with Crippen molar-refractivity contribution >= 4 is 23.4 Å². The summed E-state index contributed by atoms with van der Waals surface area (Å²) in [7, 11) is 0. The molecule has 0 aromatic carbocycles. The minimum absolute atomic E-state index is 0.142. The Morgan fingerprint density at radius 1 is 1.53 bits per heavy atom. The number of rotatable bonds is 2. The lowest BCUT2D eigenvalue weighted by molar-refractivity contribution is 0.765. The van der Waals surface area contributed by atoms with Crippen molar-refractivity contribution in [1.29, 1.82) is 5.41 Å². The standard InChI is InChI=1S/C14H20N4S/c1-9-8-18(5-6-19-9)14-11(13(15)16)7-10-3-2-4-12(10)17-14/h7,9H,2-6,8H2,1H3,(H3,15,16). The van der Waals surface area contributed by atoms with Gasteiger partial charge in [0.1, 0.15) is 11.7 Å². The number of fused-ring (bicyclic) bond motifs is 1. The van der Waals surface area contributed by atoms with Crippen molar-refractivity contribution in [2.24, 2.45) is 5.73 Å². The fourth-order valence-corrected chi connectivity index (χ4v) is 3.92. The Labute approximate surface area is 118 Å². The lowest BCUT2D eigenvalue weighted by Gasteiger charge is -2.33. The molecule has 102 valence electrons. The second kappa shape index (κ2) is 5.04. The van der Waals surface area contributed by atoms with Gasteiger partial charge >= 0.3 is 0 Å². The van der Waals surface area contributed by atoms with Crippen LogP contribution in [0.25, 0.3) is 0 Å². The second-order valence-electron chi connectivity index (χ2n) is 5.36. The molecule has 0 spiro atoms. The van der Waals surface area contributed by atoms with Crippen LogP contribution in [0.5, 0.6) is 0 Å². The fourth-order valence-electron chi connectivity index (χ4n) is 2.91. The number of hydrogen-bond donors (Lipinski definition) is 2. The highest BCUT2D eigenvalue weighted by Crippen LogP contribution is 2.29. The van der Waals surface area contributed by atoms with Gasteiger partial charge in [-0.25, -0.2) is 4.98 Å². The van der Waals surface area contributed by atoms with E-state index in [1.54, 1.807) is 0 Å². The average molecular weight is 276 g/mol. The molecule has 3 rings (SSSR count). The first kappa shape index (κ1) is 12.8. The van der Waals surface area contributed by atoms with Crippen LogP contribution in [0.4, 0.5) is 5.82 Å². The van der Waals surface area contributed by atoms with Crippen LogP contribution in [0.15, 0.2) is 6.07 Å². The topological polar surface area (TPSA) is 66.0 Å². The minimum Gasteiger partial charge on any atom is -0.384 e. The van der Waals surface area contributed by atoms with Gasteiger partial charge in [-0.15, -0.1) is 0 Å². The summed E-state index contributed by atoms with van der Waals surface area (Å²) in [5, 5.41) is 8.43. The highest BCUT2D eigenvalue weighted by Gasteiger charge is 2.24. The molecule has 5 heteroatoms.